The third kappa shape index (κ3) is 4.22. The molecule has 0 aliphatic carbocycles. The van der Waals surface area contributed by atoms with E-state index in [0.717, 1.165) is 5.41 Å². The van der Waals surface area contributed by atoms with E-state index >= 15 is 0 Å². The van der Waals surface area contributed by atoms with E-state index in [1.54, 1.807) is 18.2 Å². The van der Waals surface area contributed by atoms with Crippen molar-refractivity contribution in [2.45, 2.75) is 24.5 Å². The number of rotatable bonds is 6. The van der Waals surface area contributed by atoms with E-state index < -0.39 is 34.6 Å². The first kappa shape index (κ1) is 21.1. The predicted molar refractivity (Wildman–Crippen MR) is 110 cm³/mol. The first-order chi connectivity index (χ1) is 14.8. The third-order valence-electron chi connectivity index (χ3n) is 4.85. The number of para-hydroxylation sites is 1. The molecule has 12 nitrogen and oxygen atoms in total. The lowest BCUT2D eigenvalue weighted by molar-refractivity contribution is -0.0329. The smallest absolute Gasteiger partial charge is 0.233 e. The molecule has 0 amide bonds. The SMILES string of the molecule is Nc1ncnc2c1ncn2[C@@H]1O[C@H](CNS(=O)(=O)C=Cc2ccccc2O)[C@H](O)C1O. The second-order valence-electron chi connectivity index (χ2n) is 6.88. The van der Waals surface area contributed by atoms with Gasteiger partial charge in [-0.05, 0) is 12.1 Å². The summed E-state index contributed by atoms with van der Waals surface area (Å²) in [6, 6.07) is 6.26. The number of sulfonamides is 1. The molecule has 1 aliphatic rings. The Hall–Kier alpha value is -3.10. The number of aliphatic hydroxyl groups is 2. The van der Waals surface area contributed by atoms with Crippen LogP contribution in [0.25, 0.3) is 17.2 Å². The van der Waals surface area contributed by atoms with E-state index in [-0.39, 0.29) is 18.1 Å². The molecule has 0 bridgehead atoms. The van der Waals surface area contributed by atoms with Crippen LogP contribution in [0.4, 0.5) is 5.82 Å². The molecule has 2 aromatic heterocycles. The maximum absolute atomic E-state index is 12.3. The van der Waals surface area contributed by atoms with Crippen LogP contribution in [-0.2, 0) is 14.8 Å². The van der Waals surface area contributed by atoms with Crippen molar-refractivity contribution in [1.82, 2.24) is 24.2 Å². The molecule has 0 saturated carbocycles. The Kier molecular flexibility index (Phi) is 5.60. The van der Waals surface area contributed by atoms with Crippen molar-refractivity contribution in [2.24, 2.45) is 0 Å². The normalized spacial score (nSPS) is 24.3. The number of nitrogen functional groups attached to an aromatic ring is 1. The summed E-state index contributed by atoms with van der Waals surface area (Å²) >= 11 is 0. The molecule has 13 heteroatoms. The largest absolute Gasteiger partial charge is 0.507 e. The number of hydrogen-bond donors (Lipinski definition) is 5. The Bertz CT molecular complexity index is 1230. The Balaban J connectivity index is 1.46. The van der Waals surface area contributed by atoms with Gasteiger partial charge in [-0.3, -0.25) is 4.57 Å². The van der Waals surface area contributed by atoms with E-state index in [9.17, 15) is 23.7 Å². The molecule has 6 N–H and O–H groups in total. The van der Waals surface area contributed by atoms with Crippen LogP contribution in [-0.4, -0.2) is 68.1 Å². The van der Waals surface area contributed by atoms with Gasteiger partial charge in [0.25, 0.3) is 0 Å². The molecule has 164 valence electrons. The topological polar surface area (TPSA) is 186 Å². The lowest BCUT2D eigenvalue weighted by atomic mass is 10.1. The van der Waals surface area contributed by atoms with Gasteiger partial charge in [-0.15, -0.1) is 0 Å². The number of nitrogens with one attached hydrogen (secondary N) is 1. The maximum Gasteiger partial charge on any atom is 0.233 e. The lowest BCUT2D eigenvalue weighted by Gasteiger charge is -2.16. The van der Waals surface area contributed by atoms with E-state index in [1.165, 1.54) is 29.4 Å². The highest BCUT2D eigenvalue weighted by Crippen LogP contribution is 2.31. The number of anilines is 1. The molecule has 31 heavy (non-hydrogen) atoms. The minimum Gasteiger partial charge on any atom is -0.507 e. The van der Waals surface area contributed by atoms with Crippen LogP contribution in [0.1, 0.15) is 11.8 Å². The molecular weight excluding hydrogens is 428 g/mol. The highest BCUT2D eigenvalue weighted by atomic mass is 32.2. The summed E-state index contributed by atoms with van der Waals surface area (Å²) in [5.41, 5.74) is 6.69. The van der Waals surface area contributed by atoms with Gasteiger partial charge in [0.1, 0.15) is 35.9 Å². The average Bonchev–Trinajstić information content (AvgIpc) is 3.29. The van der Waals surface area contributed by atoms with Gasteiger partial charge in [0, 0.05) is 17.5 Å². The van der Waals surface area contributed by atoms with Crippen molar-refractivity contribution in [2.75, 3.05) is 12.3 Å². The van der Waals surface area contributed by atoms with Gasteiger partial charge in [-0.25, -0.2) is 28.1 Å². The van der Waals surface area contributed by atoms with Crippen LogP contribution in [0.2, 0.25) is 0 Å². The molecule has 1 fully saturated rings. The van der Waals surface area contributed by atoms with Crippen molar-refractivity contribution in [3.05, 3.63) is 47.9 Å². The maximum atomic E-state index is 12.3. The van der Waals surface area contributed by atoms with Crippen molar-refractivity contribution in [1.29, 1.82) is 0 Å². The fourth-order valence-electron chi connectivity index (χ4n) is 3.22. The number of ether oxygens (including phenoxy) is 1. The summed E-state index contributed by atoms with van der Waals surface area (Å²) in [7, 11) is -3.91. The van der Waals surface area contributed by atoms with Crippen LogP contribution in [0.3, 0.4) is 0 Å². The Morgan fingerprint density at radius 2 is 1.97 bits per heavy atom. The molecule has 1 aliphatic heterocycles. The average molecular weight is 448 g/mol. The second-order valence-corrected chi connectivity index (χ2v) is 8.54. The van der Waals surface area contributed by atoms with Gasteiger partial charge in [0.2, 0.25) is 10.0 Å². The number of phenolic OH excluding ortho intramolecular Hbond substituents is 1. The highest BCUT2D eigenvalue weighted by molar-refractivity contribution is 7.92. The van der Waals surface area contributed by atoms with Crippen LogP contribution < -0.4 is 10.5 Å². The van der Waals surface area contributed by atoms with E-state index in [1.807, 2.05) is 0 Å². The number of nitrogens with zero attached hydrogens (tertiary/aromatic N) is 4. The van der Waals surface area contributed by atoms with Crippen molar-refractivity contribution >= 4 is 33.1 Å². The number of aromatic hydroxyl groups is 1. The number of hydrogen-bond acceptors (Lipinski definition) is 10. The molecule has 4 atom stereocenters. The van der Waals surface area contributed by atoms with Crippen LogP contribution in [0.15, 0.2) is 42.3 Å². The number of aromatic nitrogens is 4. The highest BCUT2D eigenvalue weighted by Gasteiger charge is 2.44. The number of phenols is 1. The lowest BCUT2D eigenvalue weighted by Crippen LogP contribution is -2.39. The Morgan fingerprint density at radius 3 is 2.74 bits per heavy atom. The van der Waals surface area contributed by atoms with Gasteiger partial charge >= 0.3 is 0 Å². The first-order valence-electron chi connectivity index (χ1n) is 9.17. The minimum absolute atomic E-state index is 0.0635. The summed E-state index contributed by atoms with van der Waals surface area (Å²) < 4.78 is 33.9. The number of aliphatic hydroxyl groups excluding tert-OH is 2. The first-order valence-corrected chi connectivity index (χ1v) is 10.7. The van der Waals surface area contributed by atoms with Crippen molar-refractivity contribution < 1.29 is 28.5 Å². The zero-order valence-corrected chi connectivity index (χ0v) is 16.8. The summed E-state index contributed by atoms with van der Waals surface area (Å²) in [5.74, 6) is 0.0869. The van der Waals surface area contributed by atoms with Crippen LogP contribution in [0.5, 0.6) is 5.75 Å². The third-order valence-corrected chi connectivity index (χ3v) is 5.91. The Morgan fingerprint density at radius 1 is 1.19 bits per heavy atom. The van der Waals surface area contributed by atoms with E-state index in [0.29, 0.717) is 16.7 Å². The van der Waals surface area contributed by atoms with Crippen molar-refractivity contribution in [3.8, 4) is 5.75 Å². The van der Waals surface area contributed by atoms with Gasteiger partial charge < -0.3 is 25.8 Å². The number of benzene rings is 1. The summed E-state index contributed by atoms with van der Waals surface area (Å²) in [6.07, 6.45) is -1.01. The Labute approximate surface area is 176 Å². The van der Waals surface area contributed by atoms with Gasteiger partial charge in [-0.1, -0.05) is 18.2 Å². The second kappa shape index (κ2) is 8.20. The molecule has 1 unspecified atom stereocenters. The molecule has 3 heterocycles. The fraction of sp³-hybridized carbons (Fsp3) is 0.278. The van der Waals surface area contributed by atoms with Crippen LogP contribution in [0, 0.1) is 0 Å². The number of fused-ring (bicyclic) bond motifs is 1. The molecule has 1 saturated heterocycles. The summed E-state index contributed by atoms with van der Waals surface area (Å²) in [4.78, 5) is 12.0. The van der Waals surface area contributed by atoms with Crippen molar-refractivity contribution in [3.63, 3.8) is 0 Å². The van der Waals surface area contributed by atoms with Gasteiger partial charge in [0.05, 0.1) is 6.33 Å². The minimum atomic E-state index is -3.91. The molecule has 1 aromatic carbocycles. The molecular formula is C18H20N6O6S. The summed E-state index contributed by atoms with van der Waals surface area (Å²) in [5, 5.41) is 31.4. The molecule has 0 spiro atoms. The predicted octanol–water partition coefficient (Wildman–Crippen LogP) is -0.676. The summed E-state index contributed by atoms with van der Waals surface area (Å²) in [6.45, 7) is -0.300. The number of imidazole rings is 1. The van der Waals surface area contributed by atoms with Crippen LogP contribution >= 0.6 is 0 Å². The fourth-order valence-corrected chi connectivity index (χ4v) is 4.04. The van der Waals surface area contributed by atoms with E-state index in [2.05, 4.69) is 19.7 Å². The molecule has 4 rings (SSSR count). The zero-order valence-electron chi connectivity index (χ0n) is 16.0. The van der Waals surface area contributed by atoms with Gasteiger partial charge in [0.15, 0.2) is 17.7 Å². The number of nitrogens with two attached hydrogens (primary N) is 1. The molecule has 0 radical (unpaired) electrons. The zero-order chi connectivity index (χ0) is 22.2. The monoisotopic (exact) mass is 448 g/mol. The van der Waals surface area contributed by atoms with Gasteiger partial charge in [-0.2, -0.15) is 0 Å². The molecule has 3 aromatic rings. The standard InChI is InChI=1S/C18H20N6O6S/c19-16-13-17(21-8-20-16)24(9-22-13)18-15(27)14(26)12(30-18)7-23-31(28,29)6-5-10-3-1-2-4-11(10)25/h1-6,8-9,12,14-15,18,23,25-27H,7H2,(H2,19,20,21)/t12-,14+,15?,18-/m1/s1. The quantitative estimate of drug-likeness (QED) is 0.323. The van der Waals surface area contributed by atoms with E-state index in [4.69, 9.17) is 10.5 Å².